The second-order valence-electron chi connectivity index (χ2n) is 2.49. The highest BCUT2D eigenvalue weighted by Gasteiger charge is 2.40. The first-order valence-electron chi connectivity index (χ1n) is 3.19. The second kappa shape index (κ2) is 2.80. The normalized spacial score (nSPS) is 23.9. The summed E-state index contributed by atoms with van der Waals surface area (Å²) in [6.07, 6.45) is 0. The Morgan fingerprint density at radius 1 is 1.62 bits per heavy atom. The molecule has 0 saturated carbocycles. The molecule has 1 rings (SSSR count). The highest BCUT2D eigenvalue weighted by atomic mass is 32.2. The van der Waals surface area contributed by atoms with E-state index in [1.165, 1.54) is 6.92 Å². The molecule has 7 nitrogen and oxygen atoms in total. The van der Waals surface area contributed by atoms with E-state index >= 15 is 0 Å². The smallest absolute Gasteiger partial charge is 0.267 e. The van der Waals surface area contributed by atoms with Crippen molar-refractivity contribution in [1.82, 2.24) is 0 Å². The molecule has 0 amide bonds. The maximum absolute atomic E-state index is 11.1. The van der Waals surface area contributed by atoms with Crippen molar-refractivity contribution in [2.24, 2.45) is 5.16 Å². The highest BCUT2D eigenvalue weighted by molar-refractivity contribution is 8.07. The molecule has 0 unspecified atom stereocenters. The van der Waals surface area contributed by atoms with Crippen LogP contribution < -0.4 is 0 Å². The van der Waals surface area contributed by atoms with Gasteiger partial charge in [-0.1, -0.05) is 5.16 Å². The Balaban J connectivity index is 3.34. The lowest BCUT2D eigenvalue weighted by molar-refractivity contribution is -0.424. The van der Waals surface area contributed by atoms with E-state index in [9.17, 15) is 18.5 Å². The van der Waals surface area contributed by atoms with Gasteiger partial charge in [-0.25, -0.2) is 8.42 Å². The predicted molar refractivity (Wildman–Crippen MR) is 42.7 cm³/mol. The quantitative estimate of drug-likeness (QED) is 0.361. The summed E-state index contributed by atoms with van der Waals surface area (Å²) in [6.45, 7) is 1.23. The maximum atomic E-state index is 11.1. The second-order valence-corrected chi connectivity index (χ2v) is 4.40. The third-order valence-electron chi connectivity index (χ3n) is 1.69. The molecule has 0 bridgehead atoms. The summed E-state index contributed by atoms with van der Waals surface area (Å²) >= 11 is 0. The van der Waals surface area contributed by atoms with Crippen LogP contribution in [0.15, 0.2) is 16.4 Å². The molecule has 0 spiro atoms. The van der Waals surface area contributed by atoms with Crippen molar-refractivity contribution < 1.29 is 18.5 Å². The van der Waals surface area contributed by atoms with Crippen molar-refractivity contribution in [1.29, 1.82) is 0 Å². The van der Waals surface area contributed by atoms with Gasteiger partial charge in [-0.05, 0) is 6.92 Å². The van der Waals surface area contributed by atoms with Crippen LogP contribution in [-0.4, -0.2) is 29.3 Å². The maximum Gasteiger partial charge on any atom is 0.267 e. The molecule has 0 atom stereocenters. The average Bonchev–Trinajstić information content (AvgIpc) is 2.22. The van der Waals surface area contributed by atoms with Crippen molar-refractivity contribution in [2.45, 2.75) is 6.92 Å². The van der Waals surface area contributed by atoms with Crippen molar-refractivity contribution >= 4 is 14.9 Å². The number of oxime groups is 1. The van der Waals surface area contributed by atoms with Crippen LogP contribution in [0.25, 0.3) is 0 Å². The van der Waals surface area contributed by atoms with Crippen molar-refractivity contribution in [3.63, 3.8) is 0 Å². The first-order valence-corrected chi connectivity index (χ1v) is 4.84. The monoisotopic (exact) mass is 206 g/mol. The first-order chi connectivity index (χ1) is 5.90. The topological polar surface area (TPSA) is 110 Å². The SMILES string of the molecule is CC1=C([N+](=O)[O-])CS(=O)(=O)/C1=N\O. The zero-order valence-electron chi connectivity index (χ0n) is 6.59. The summed E-state index contributed by atoms with van der Waals surface area (Å²) in [7, 11) is -3.80. The molecule has 0 aromatic carbocycles. The Morgan fingerprint density at radius 2 is 2.15 bits per heavy atom. The molecule has 0 aromatic heterocycles. The third-order valence-corrected chi connectivity index (χ3v) is 3.32. The van der Waals surface area contributed by atoms with Crippen molar-refractivity contribution in [2.75, 3.05) is 5.75 Å². The van der Waals surface area contributed by atoms with E-state index in [1.807, 2.05) is 0 Å². The van der Waals surface area contributed by atoms with Gasteiger partial charge in [-0.2, -0.15) is 0 Å². The fraction of sp³-hybridized carbons (Fsp3) is 0.400. The molecule has 1 aliphatic rings. The van der Waals surface area contributed by atoms with Crippen molar-refractivity contribution in [3.05, 3.63) is 21.4 Å². The number of hydrogen-bond donors (Lipinski definition) is 1. The number of nitro groups is 1. The fourth-order valence-electron chi connectivity index (χ4n) is 1.04. The van der Waals surface area contributed by atoms with Crippen LogP contribution in [0.3, 0.4) is 0 Å². The lowest BCUT2D eigenvalue weighted by Gasteiger charge is -1.90. The van der Waals surface area contributed by atoms with E-state index in [0.29, 0.717) is 0 Å². The molecule has 1 heterocycles. The van der Waals surface area contributed by atoms with E-state index in [0.717, 1.165) is 0 Å². The van der Waals surface area contributed by atoms with E-state index < -0.39 is 31.3 Å². The molecule has 0 radical (unpaired) electrons. The zero-order chi connectivity index (χ0) is 10.2. The molecule has 8 heteroatoms. The summed E-state index contributed by atoms with van der Waals surface area (Å²) in [6, 6.07) is 0. The van der Waals surface area contributed by atoms with Crippen LogP contribution >= 0.6 is 0 Å². The first kappa shape index (κ1) is 9.65. The van der Waals surface area contributed by atoms with Gasteiger partial charge >= 0.3 is 0 Å². The molecule has 0 aromatic rings. The Morgan fingerprint density at radius 3 is 2.38 bits per heavy atom. The Labute approximate surface area is 73.4 Å². The number of nitrogens with zero attached hydrogens (tertiary/aromatic N) is 2. The van der Waals surface area contributed by atoms with Crippen LogP contribution in [0, 0.1) is 10.1 Å². The third kappa shape index (κ3) is 1.39. The lowest BCUT2D eigenvalue weighted by Crippen LogP contribution is -2.12. The van der Waals surface area contributed by atoms with Crippen LogP contribution in [0.1, 0.15) is 6.92 Å². The Hall–Kier alpha value is -1.44. The minimum Gasteiger partial charge on any atom is -0.410 e. The highest BCUT2D eigenvalue weighted by Crippen LogP contribution is 2.22. The summed E-state index contributed by atoms with van der Waals surface area (Å²) in [4.78, 5) is 9.52. The van der Waals surface area contributed by atoms with Gasteiger partial charge < -0.3 is 5.21 Å². The van der Waals surface area contributed by atoms with Gasteiger partial charge in [-0.3, -0.25) is 10.1 Å². The van der Waals surface area contributed by atoms with Crippen LogP contribution in [0.2, 0.25) is 0 Å². The van der Waals surface area contributed by atoms with Crippen LogP contribution in [0.4, 0.5) is 0 Å². The molecular formula is C5H6N2O5S. The molecule has 0 fully saturated rings. The molecule has 72 valence electrons. The van der Waals surface area contributed by atoms with Gasteiger partial charge in [-0.15, -0.1) is 0 Å². The minimum absolute atomic E-state index is 0.104. The minimum atomic E-state index is -3.80. The molecule has 0 aliphatic carbocycles. The number of sulfone groups is 1. The van der Waals surface area contributed by atoms with Gasteiger partial charge in [0, 0.05) is 0 Å². The molecule has 0 saturated heterocycles. The average molecular weight is 206 g/mol. The van der Waals surface area contributed by atoms with Gasteiger partial charge in [0.25, 0.3) is 5.70 Å². The fourth-order valence-corrected chi connectivity index (χ4v) is 2.57. The predicted octanol–water partition coefficient (Wildman–Crippen LogP) is -0.247. The zero-order valence-corrected chi connectivity index (χ0v) is 7.41. The number of hydrogen-bond acceptors (Lipinski definition) is 6. The summed E-state index contributed by atoms with van der Waals surface area (Å²) < 4.78 is 22.2. The summed E-state index contributed by atoms with van der Waals surface area (Å²) in [5.74, 6) is -0.703. The Kier molecular flexibility index (Phi) is 2.08. The molecular weight excluding hydrogens is 200 g/mol. The lowest BCUT2D eigenvalue weighted by atomic mass is 10.3. The molecule has 1 N–H and O–H groups in total. The number of rotatable bonds is 1. The van der Waals surface area contributed by atoms with Crippen LogP contribution in [0.5, 0.6) is 0 Å². The summed E-state index contributed by atoms with van der Waals surface area (Å²) in [5.41, 5.74) is -0.541. The molecule has 1 aliphatic heterocycles. The largest absolute Gasteiger partial charge is 0.410 e. The van der Waals surface area contributed by atoms with E-state index in [1.54, 1.807) is 0 Å². The Bertz CT molecular complexity index is 418. The summed E-state index contributed by atoms with van der Waals surface area (Å²) in [5, 5.41) is 20.5. The van der Waals surface area contributed by atoms with Crippen molar-refractivity contribution in [3.8, 4) is 0 Å². The van der Waals surface area contributed by atoms with Gasteiger partial charge in [0.1, 0.15) is 5.75 Å². The van der Waals surface area contributed by atoms with Crippen LogP contribution in [-0.2, 0) is 9.84 Å². The van der Waals surface area contributed by atoms with Gasteiger partial charge in [0.15, 0.2) is 0 Å². The van der Waals surface area contributed by atoms with Gasteiger partial charge in [0.2, 0.25) is 14.9 Å². The van der Waals surface area contributed by atoms with E-state index in [2.05, 4.69) is 5.16 Å². The molecule has 13 heavy (non-hydrogen) atoms. The van der Waals surface area contributed by atoms with E-state index in [4.69, 9.17) is 5.21 Å². The standard InChI is InChI=1S/C5H6N2O5S/c1-3-4(7(9)10)2-13(11,12)5(3)6-8/h8H,2H2,1H3/b6-5-. The van der Waals surface area contributed by atoms with Gasteiger partial charge in [0.05, 0.1) is 10.5 Å². The van der Waals surface area contributed by atoms with E-state index in [-0.39, 0.29) is 5.57 Å².